The number of nitrogens with one attached hydrogen (secondary N) is 2. The van der Waals surface area contributed by atoms with Crippen molar-refractivity contribution in [2.75, 3.05) is 34.3 Å². The van der Waals surface area contributed by atoms with Gasteiger partial charge in [-0.2, -0.15) is 0 Å². The molecule has 9 nitrogen and oxygen atoms in total. The van der Waals surface area contributed by atoms with Gasteiger partial charge in [-0.25, -0.2) is 8.51 Å². The van der Waals surface area contributed by atoms with Crippen LogP contribution in [0.5, 0.6) is 5.75 Å². The normalized spacial score (nSPS) is 25.2. The number of methoxy groups -OCH3 is 1. The van der Waals surface area contributed by atoms with Crippen LogP contribution < -0.4 is 14.8 Å². The zero-order valence-electron chi connectivity index (χ0n) is 27.0. The third kappa shape index (κ3) is 4.91. The first kappa shape index (κ1) is 30.4. The van der Waals surface area contributed by atoms with Gasteiger partial charge in [-0.15, -0.1) is 0 Å². The van der Waals surface area contributed by atoms with Gasteiger partial charge in [0, 0.05) is 73.8 Å². The highest BCUT2D eigenvalue weighted by Gasteiger charge is 2.65. The minimum Gasteiger partial charge on any atom is -0.497 e. The highest BCUT2D eigenvalue weighted by atomic mass is 32.2. The van der Waals surface area contributed by atoms with Crippen LogP contribution in [-0.2, 0) is 22.5 Å². The van der Waals surface area contributed by atoms with Gasteiger partial charge in [0.25, 0.3) is 5.91 Å². The Balaban J connectivity index is 1.44. The van der Waals surface area contributed by atoms with E-state index >= 15 is 0 Å². The van der Waals surface area contributed by atoms with Crippen LogP contribution in [0.25, 0.3) is 22.2 Å². The average molecular weight is 632 g/mol. The molecule has 5 atom stereocenters. The van der Waals surface area contributed by atoms with Crippen LogP contribution in [0.3, 0.4) is 0 Å². The topological polar surface area (TPSA) is 95.9 Å². The zero-order valence-corrected chi connectivity index (χ0v) is 27.8. The van der Waals surface area contributed by atoms with E-state index in [4.69, 9.17) is 4.74 Å². The lowest BCUT2D eigenvalue weighted by Crippen LogP contribution is -2.50. The largest absolute Gasteiger partial charge is 0.497 e. The van der Waals surface area contributed by atoms with E-state index in [0.29, 0.717) is 24.1 Å². The number of hydrogen-bond acceptors (Lipinski definition) is 5. The average Bonchev–Trinajstić information content (AvgIpc) is 3.26. The third-order valence-electron chi connectivity index (χ3n) is 10.7. The number of nitrogens with zero attached hydrogens (tertiary/aromatic N) is 3. The van der Waals surface area contributed by atoms with Gasteiger partial charge in [0.2, 0.25) is 5.91 Å². The predicted octanol–water partition coefficient (Wildman–Crippen LogP) is 4.93. The molecular weight excluding hydrogens is 586 g/mol. The van der Waals surface area contributed by atoms with Crippen molar-refractivity contribution in [2.24, 2.45) is 5.41 Å². The van der Waals surface area contributed by atoms with E-state index in [-0.39, 0.29) is 23.8 Å². The van der Waals surface area contributed by atoms with Crippen LogP contribution >= 0.6 is 0 Å². The number of piperazine rings is 1. The Bertz CT molecular complexity index is 1690. The molecule has 3 aliphatic heterocycles. The molecule has 2 amide bonds. The monoisotopic (exact) mass is 631 g/mol. The Morgan fingerprint density at radius 3 is 2.58 bits per heavy atom. The third-order valence-corrected chi connectivity index (χ3v) is 11.7. The van der Waals surface area contributed by atoms with Gasteiger partial charge in [-0.05, 0) is 73.1 Å². The van der Waals surface area contributed by atoms with E-state index in [9.17, 15) is 13.8 Å². The Morgan fingerprint density at radius 1 is 1.16 bits per heavy atom. The molecular formula is C35H45N5O4S. The lowest BCUT2D eigenvalue weighted by atomic mass is 9.85. The number of aromatic nitrogens is 1. The smallest absolute Gasteiger partial charge is 0.264 e. The molecule has 4 heterocycles. The van der Waals surface area contributed by atoms with Gasteiger partial charge < -0.3 is 19.5 Å². The van der Waals surface area contributed by atoms with Crippen molar-refractivity contribution in [2.45, 2.75) is 82.8 Å². The number of benzene rings is 2. The molecule has 45 heavy (non-hydrogen) atoms. The molecule has 2 bridgehead atoms. The van der Waals surface area contributed by atoms with Gasteiger partial charge in [0.1, 0.15) is 5.75 Å². The molecule has 0 radical (unpaired) electrons. The number of fused-ring (bicyclic) bond motifs is 9. The second-order valence-electron chi connectivity index (χ2n) is 13.7. The SMILES string of the molecule is CCCC(CCC)c1c2n(c3cc(C(=O)NS(=O)N(C)C)ccc13)CC1(C(=O)N3C[C@@H]4C[C@@H]3CN4)CC1c1cc(OC)ccc1-2. The Morgan fingerprint density at radius 2 is 1.93 bits per heavy atom. The van der Waals surface area contributed by atoms with Crippen LogP contribution in [0.1, 0.15) is 85.7 Å². The first-order valence-corrected chi connectivity index (χ1v) is 17.6. The molecule has 3 fully saturated rings. The molecule has 1 saturated carbocycles. The second-order valence-corrected chi connectivity index (χ2v) is 15.1. The Kier molecular flexibility index (Phi) is 7.81. The number of rotatable bonds is 10. The van der Waals surface area contributed by atoms with Crippen LogP contribution in [0.15, 0.2) is 36.4 Å². The number of carbonyl (C=O) groups is 2. The van der Waals surface area contributed by atoms with Crippen molar-refractivity contribution in [3.05, 3.63) is 53.1 Å². The first-order chi connectivity index (χ1) is 21.7. The van der Waals surface area contributed by atoms with Crippen LogP contribution in [0.4, 0.5) is 0 Å². The fourth-order valence-corrected chi connectivity index (χ4v) is 8.94. The van der Waals surface area contributed by atoms with E-state index < -0.39 is 16.6 Å². The summed E-state index contributed by atoms with van der Waals surface area (Å²) in [6.07, 6.45) is 6.09. The minimum absolute atomic E-state index is 0.106. The number of hydrogen-bond donors (Lipinski definition) is 2. The minimum atomic E-state index is -1.64. The van der Waals surface area contributed by atoms with E-state index in [1.54, 1.807) is 21.2 Å². The maximum atomic E-state index is 14.7. The van der Waals surface area contributed by atoms with E-state index in [1.165, 1.54) is 26.7 Å². The molecule has 240 valence electrons. The van der Waals surface area contributed by atoms with Crippen molar-refractivity contribution < 1.29 is 18.5 Å². The van der Waals surface area contributed by atoms with Crippen molar-refractivity contribution in [3.8, 4) is 17.0 Å². The summed E-state index contributed by atoms with van der Waals surface area (Å²) in [4.78, 5) is 30.2. The summed E-state index contributed by atoms with van der Waals surface area (Å²) in [5.74, 6) is 1.14. The summed E-state index contributed by atoms with van der Waals surface area (Å²) < 4.78 is 24.7. The Labute approximate surface area is 268 Å². The first-order valence-electron chi connectivity index (χ1n) is 16.5. The summed E-state index contributed by atoms with van der Waals surface area (Å²) in [5.41, 5.74) is 5.73. The maximum Gasteiger partial charge on any atom is 0.264 e. The highest BCUT2D eigenvalue weighted by molar-refractivity contribution is 7.81. The van der Waals surface area contributed by atoms with Gasteiger partial charge in [-0.3, -0.25) is 14.3 Å². The van der Waals surface area contributed by atoms with Crippen molar-refractivity contribution >= 4 is 33.9 Å². The van der Waals surface area contributed by atoms with Crippen molar-refractivity contribution in [1.29, 1.82) is 0 Å². The summed E-state index contributed by atoms with van der Waals surface area (Å²) in [5, 5.41) is 4.69. The van der Waals surface area contributed by atoms with Crippen molar-refractivity contribution in [3.63, 3.8) is 0 Å². The molecule has 2 N–H and O–H groups in total. The van der Waals surface area contributed by atoms with Gasteiger partial charge in [-0.1, -0.05) is 32.8 Å². The van der Waals surface area contributed by atoms with Gasteiger partial charge in [0.05, 0.1) is 18.2 Å². The number of ether oxygens (including phenoxy) is 1. The van der Waals surface area contributed by atoms with Crippen LogP contribution in [0, 0.1) is 5.41 Å². The molecule has 10 heteroatoms. The lowest BCUT2D eigenvalue weighted by Gasteiger charge is -2.32. The maximum absolute atomic E-state index is 14.7. The predicted molar refractivity (Wildman–Crippen MR) is 177 cm³/mol. The van der Waals surface area contributed by atoms with E-state index in [1.807, 2.05) is 18.2 Å². The van der Waals surface area contributed by atoms with Crippen molar-refractivity contribution in [1.82, 2.24) is 23.8 Å². The summed E-state index contributed by atoms with van der Waals surface area (Å²) in [6, 6.07) is 12.9. The fourth-order valence-electron chi connectivity index (χ4n) is 8.49. The highest BCUT2D eigenvalue weighted by Crippen LogP contribution is 2.66. The number of amides is 2. The van der Waals surface area contributed by atoms with E-state index in [2.05, 4.69) is 51.6 Å². The lowest BCUT2D eigenvalue weighted by molar-refractivity contribution is -0.139. The molecule has 2 saturated heterocycles. The van der Waals surface area contributed by atoms with Crippen LogP contribution in [0.2, 0.25) is 0 Å². The fraction of sp³-hybridized carbons (Fsp3) is 0.543. The molecule has 2 aromatic carbocycles. The zero-order chi connectivity index (χ0) is 31.6. The number of carbonyl (C=O) groups excluding carboxylic acids is 2. The number of likely N-dealkylation sites (tertiary alicyclic amines) is 1. The Hall–Kier alpha value is -3.21. The second kappa shape index (κ2) is 11.5. The molecule has 3 unspecified atom stereocenters. The molecule has 0 spiro atoms. The van der Waals surface area contributed by atoms with Gasteiger partial charge in [0.15, 0.2) is 11.2 Å². The van der Waals surface area contributed by atoms with E-state index in [0.717, 1.165) is 68.3 Å². The standard InChI is InChI=1S/C35H45N5O4S/c1-6-8-21(9-7-2)31-27-12-10-22(33(41)37-45(43)38(3)4)14-30(27)40-20-35(34(42)39-19-23-15-24(39)18-36-23)17-29(35)28-16-25(44-5)11-13-26(28)32(31)40/h10-14,16,21,23-24,29,36H,6-9,15,17-20H2,1-5H3,(H,37,41)/t23-,24+,29?,35?,45?/m0/s1. The van der Waals surface area contributed by atoms with Gasteiger partial charge >= 0.3 is 0 Å². The summed E-state index contributed by atoms with van der Waals surface area (Å²) in [6.45, 7) is 6.70. The molecule has 1 aromatic heterocycles. The molecule has 7 rings (SSSR count). The van der Waals surface area contributed by atoms with Crippen LogP contribution in [-0.4, -0.2) is 76.2 Å². The molecule has 3 aromatic rings. The quantitative estimate of drug-likeness (QED) is 0.331. The summed E-state index contributed by atoms with van der Waals surface area (Å²) >= 11 is -1.64. The molecule has 1 aliphatic carbocycles. The molecule has 4 aliphatic rings. The summed E-state index contributed by atoms with van der Waals surface area (Å²) in [7, 11) is 5.03.